The Morgan fingerprint density at radius 3 is 2.65 bits per heavy atom. The molecule has 1 aliphatic rings. The Morgan fingerprint density at radius 2 is 2.00 bits per heavy atom. The number of carbonyl (C=O) groups is 1. The van der Waals surface area contributed by atoms with Crippen LogP contribution in [0.5, 0.6) is 0 Å². The number of rotatable bonds is 7. The van der Waals surface area contributed by atoms with Gasteiger partial charge in [-0.05, 0) is 39.3 Å². The van der Waals surface area contributed by atoms with Crippen molar-refractivity contribution in [1.82, 2.24) is 15.5 Å². The van der Waals surface area contributed by atoms with E-state index in [-0.39, 0.29) is 5.91 Å². The first-order valence-electron chi connectivity index (χ1n) is 6.94. The monoisotopic (exact) mass is 241 g/mol. The van der Waals surface area contributed by atoms with Gasteiger partial charge in [-0.25, -0.2) is 0 Å². The molecule has 4 nitrogen and oxygen atoms in total. The lowest BCUT2D eigenvalue weighted by Crippen LogP contribution is -2.42. The van der Waals surface area contributed by atoms with Gasteiger partial charge in [0.25, 0.3) is 0 Å². The van der Waals surface area contributed by atoms with E-state index in [4.69, 9.17) is 0 Å². The highest BCUT2D eigenvalue weighted by Gasteiger charge is 2.09. The predicted octanol–water partition coefficient (Wildman–Crippen LogP) is 0.977. The highest BCUT2D eigenvalue weighted by molar-refractivity contribution is 5.77. The lowest BCUT2D eigenvalue weighted by atomic mass is 10.1. The number of hydrogen-bond acceptors (Lipinski definition) is 3. The molecule has 1 aliphatic heterocycles. The van der Waals surface area contributed by atoms with E-state index >= 15 is 0 Å². The molecule has 0 spiro atoms. The van der Waals surface area contributed by atoms with E-state index in [1.54, 1.807) is 0 Å². The molecule has 1 atom stereocenters. The Hall–Kier alpha value is -0.610. The van der Waals surface area contributed by atoms with Crippen molar-refractivity contribution in [3.63, 3.8) is 0 Å². The second-order valence-electron chi connectivity index (χ2n) is 4.94. The third-order valence-corrected chi connectivity index (χ3v) is 3.42. The van der Waals surface area contributed by atoms with E-state index < -0.39 is 0 Å². The lowest BCUT2D eigenvalue weighted by Gasteiger charge is -2.26. The van der Waals surface area contributed by atoms with E-state index in [1.807, 2.05) is 0 Å². The number of nitrogens with zero attached hydrogens (tertiary/aromatic N) is 1. The van der Waals surface area contributed by atoms with Crippen LogP contribution < -0.4 is 10.6 Å². The van der Waals surface area contributed by atoms with Gasteiger partial charge in [-0.15, -0.1) is 0 Å². The van der Waals surface area contributed by atoms with Crippen LogP contribution in [0.4, 0.5) is 0 Å². The molecule has 0 saturated carbocycles. The molecule has 1 unspecified atom stereocenters. The highest BCUT2D eigenvalue weighted by Crippen LogP contribution is 2.07. The average molecular weight is 241 g/mol. The first-order chi connectivity index (χ1) is 8.22. The summed E-state index contributed by atoms with van der Waals surface area (Å²) in [6.07, 6.45) is 5.04. The first kappa shape index (κ1) is 14.5. The van der Waals surface area contributed by atoms with Crippen LogP contribution in [0.15, 0.2) is 0 Å². The van der Waals surface area contributed by atoms with Gasteiger partial charge in [-0.2, -0.15) is 0 Å². The largest absolute Gasteiger partial charge is 0.354 e. The van der Waals surface area contributed by atoms with Crippen LogP contribution in [-0.4, -0.2) is 49.6 Å². The normalized spacial score (nSPS) is 18.9. The fourth-order valence-corrected chi connectivity index (χ4v) is 2.01. The molecule has 4 heteroatoms. The Kier molecular flexibility index (Phi) is 7.21. The summed E-state index contributed by atoms with van der Waals surface area (Å²) in [5.74, 6) is 0.113. The smallest absolute Gasteiger partial charge is 0.234 e. The van der Waals surface area contributed by atoms with Crippen LogP contribution in [0.2, 0.25) is 0 Å². The van der Waals surface area contributed by atoms with Crippen molar-refractivity contribution in [2.75, 3.05) is 32.7 Å². The van der Waals surface area contributed by atoms with Gasteiger partial charge < -0.3 is 15.5 Å². The van der Waals surface area contributed by atoms with E-state index in [0.717, 1.165) is 19.5 Å². The van der Waals surface area contributed by atoms with Crippen molar-refractivity contribution in [3.05, 3.63) is 0 Å². The van der Waals surface area contributed by atoms with Gasteiger partial charge in [0.15, 0.2) is 0 Å². The third-order valence-electron chi connectivity index (χ3n) is 3.42. The van der Waals surface area contributed by atoms with E-state index in [9.17, 15) is 4.79 Å². The predicted molar refractivity (Wildman–Crippen MR) is 71.1 cm³/mol. The minimum atomic E-state index is 0.113. The van der Waals surface area contributed by atoms with Gasteiger partial charge in [0.05, 0.1) is 6.54 Å². The molecule has 0 radical (unpaired) electrons. The summed E-state index contributed by atoms with van der Waals surface area (Å²) in [5, 5.41) is 6.16. The fraction of sp³-hybridized carbons (Fsp3) is 0.923. The van der Waals surface area contributed by atoms with Gasteiger partial charge in [0.1, 0.15) is 0 Å². The van der Waals surface area contributed by atoms with E-state index in [0.29, 0.717) is 12.6 Å². The fourth-order valence-electron chi connectivity index (χ4n) is 2.01. The van der Waals surface area contributed by atoms with Gasteiger partial charge in [0.2, 0.25) is 5.91 Å². The van der Waals surface area contributed by atoms with Gasteiger partial charge >= 0.3 is 0 Å². The molecule has 0 bridgehead atoms. The van der Waals surface area contributed by atoms with Gasteiger partial charge in [-0.3, -0.25) is 4.79 Å². The number of piperidine rings is 1. The van der Waals surface area contributed by atoms with Crippen LogP contribution in [0.25, 0.3) is 0 Å². The molecular formula is C13H27N3O. The molecule has 17 heavy (non-hydrogen) atoms. The zero-order valence-electron chi connectivity index (χ0n) is 11.3. The van der Waals surface area contributed by atoms with E-state index in [1.165, 1.54) is 32.4 Å². The van der Waals surface area contributed by atoms with Crippen molar-refractivity contribution in [2.24, 2.45) is 0 Å². The van der Waals surface area contributed by atoms with Crippen LogP contribution in [-0.2, 0) is 4.79 Å². The van der Waals surface area contributed by atoms with Crippen LogP contribution in [0.1, 0.15) is 39.5 Å². The van der Waals surface area contributed by atoms with Crippen LogP contribution in [0.3, 0.4) is 0 Å². The highest BCUT2D eigenvalue weighted by atomic mass is 16.1. The molecule has 1 saturated heterocycles. The van der Waals surface area contributed by atoms with Crippen LogP contribution >= 0.6 is 0 Å². The SMILES string of the molecule is CCC(C)NCC(=O)NCCN1CCCCC1. The number of carbonyl (C=O) groups excluding carboxylic acids is 1. The molecule has 0 aromatic heterocycles. The Bertz CT molecular complexity index is 215. The zero-order chi connectivity index (χ0) is 12.5. The van der Waals surface area contributed by atoms with Gasteiger partial charge in [0, 0.05) is 19.1 Å². The quantitative estimate of drug-likeness (QED) is 0.698. The minimum Gasteiger partial charge on any atom is -0.354 e. The summed E-state index contributed by atoms with van der Waals surface area (Å²) in [4.78, 5) is 13.9. The minimum absolute atomic E-state index is 0.113. The first-order valence-corrected chi connectivity index (χ1v) is 6.94. The van der Waals surface area contributed by atoms with Crippen molar-refractivity contribution in [1.29, 1.82) is 0 Å². The van der Waals surface area contributed by atoms with Gasteiger partial charge in [-0.1, -0.05) is 13.3 Å². The molecule has 1 heterocycles. The summed E-state index contributed by atoms with van der Waals surface area (Å²) in [6, 6.07) is 0.419. The maximum atomic E-state index is 11.5. The Morgan fingerprint density at radius 1 is 1.29 bits per heavy atom. The van der Waals surface area contributed by atoms with Crippen molar-refractivity contribution >= 4 is 5.91 Å². The molecular weight excluding hydrogens is 214 g/mol. The summed E-state index contributed by atoms with van der Waals surface area (Å²) in [6.45, 7) is 8.82. The van der Waals surface area contributed by atoms with E-state index in [2.05, 4.69) is 29.4 Å². The summed E-state index contributed by atoms with van der Waals surface area (Å²) in [5.41, 5.74) is 0. The van der Waals surface area contributed by atoms with Crippen molar-refractivity contribution in [2.45, 2.75) is 45.6 Å². The van der Waals surface area contributed by atoms with Crippen molar-refractivity contribution in [3.8, 4) is 0 Å². The number of nitrogens with one attached hydrogen (secondary N) is 2. The molecule has 0 aromatic rings. The molecule has 1 rings (SSSR count). The summed E-state index contributed by atoms with van der Waals surface area (Å²) >= 11 is 0. The maximum absolute atomic E-state index is 11.5. The number of likely N-dealkylation sites (tertiary alicyclic amines) is 1. The number of hydrogen-bond donors (Lipinski definition) is 2. The molecule has 1 fully saturated rings. The molecule has 0 aliphatic carbocycles. The average Bonchev–Trinajstić information content (AvgIpc) is 2.37. The lowest BCUT2D eigenvalue weighted by molar-refractivity contribution is -0.120. The maximum Gasteiger partial charge on any atom is 0.234 e. The zero-order valence-corrected chi connectivity index (χ0v) is 11.3. The van der Waals surface area contributed by atoms with Crippen molar-refractivity contribution < 1.29 is 4.79 Å². The van der Waals surface area contributed by atoms with Crippen LogP contribution in [0, 0.1) is 0 Å². The molecule has 1 amide bonds. The summed E-state index contributed by atoms with van der Waals surface area (Å²) < 4.78 is 0. The molecule has 100 valence electrons. The Balaban J connectivity index is 1.99. The number of amides is 1. The Labute approximate surface area is 105 Å². The second-order valence-corrected chi connectivity index (χ2v) is 4.94. The third kappa shape index (κ3) is 6.64. The molecule has 2 N–H and O–H groups in total. The second kappa shape index (κ2) is 8.48. The molecule has 0 aromatic carbocycles. The topological polar surface area (TPSA) is 44.4 Å². The summed E-state index contributed by atoms with van der Waals surface area (Å²) in [7, 11) is 0. The standard InChI is InChI=1S/C13H27N3O/c1-3-12(2)15-11-13(17)14-7-10-16-8-5-4-6-9-16/h12,15H,3-11H2,1-2H3,(H,14,17).